The number of hydrogen-bond acceptors (Lipinski definition) is 1. The summed E-state index contributed by atoms with van der Waals surface area (Å²) < 4.78 is 0. The average molecular weight is 252 g/mol. The van der Waals surface area contributed by atoms with Gasteiger partial charge in [-0.05, 0) is 43.4 Å². The predicted molar refractivity (Wildman–Crippen MR) is 71.7 cm³/mol. The lowest BCUT2D eigenvalue weighted by Gasteiger charge is -2.12. The number of benzene rings is 1. The molecule has 0 radical (unpaired) electrons. The van der Waals surface area contributed by atoms with Crippen LogP contribution in [0.1, 0.15) is 43.7 Å². The zero-order valence-electron chi connectivity index (χ0n) is 10.3. The Kier molecular flexibility index (Phi) is 3.72. The highest BCUT2D eigenvalue weighted by Gasteiger charge is 2.30. The molecule has 0 spiro atoms. The van der Waals surface area contributed by atoms with Gasteiger partial charge >= 0.3 is 0 Å². The second kappa shape index (κ2) is 5.09. The third kappa shape index (κ3) is 2.47. The Morgan fingerprint density at radius 3 is 2.88 bits per heavy atom. The number of carbonyl (C=O) groups is 1. The second-order valence-corrected chi connectivity index (χ2v) is 5.39. The summed E-state index contributed by atoms with van der Waals surface area (Å²) in [7, 11) is 0. The van der Waals surface area contributed by atoms with Crippen molar-refractivity contribution in [3.8, 4) is 0 Å². The lowest BCUT2D eigenvalue weighted by molar-refractivity contribution is -0.117. The molecular weight excluding hydrogens is 234 g/mol. The van der Waals surface area contributed by atoms with E-state index in [0.29, 0.717) is 0 Å². The molecule has 2 rings (SSSR count). The smallest absolute Gasteiger partial charge is 0.232 e. The number of rotatable bonds is 4. The summed E-state index contributed by atoms with van der Waals surface area (Å²) >= 11 is 5.99. The minimum atomic E-state index is 0.0202. The van der Waals surface area contributed by atoms with E-state index in [-0.39, 0.29) is 17.2 Å². The normalized spacial score (nSPS) is 19.9. The molecule has 0 saturated carbocycles. The van der Waals surface area contributed by atoms with Crippen molar-refractivity contribution in [3.05, 3.63) is 29.3 Å². The van der Waals surface area contributed by atoms with Crippen LogP contribution < -0.4 is 5.32 Å². The molecule has 2 atom stereocenters. The maximum Gasteiger partial charge on any atom is 0.232 e. The lowest BCUT2D eigenvalue weighted by Crippen LogP contribution is -2.11. The fourth-order valence-electron chi connectivity index (χ4n) is 2.45. The van der Waals surface area contributed by atoms with Crippen molar-refractivity contribution in [3.63, 3.8) is 0 Å². The Labute approximate surface area is 107 Å². The Morgan fingerprint density at radius 1 is 1.47 bits per heavy atom. The molecule has 3 heteroatoms. The van der Waals surface area contributed by atoms with Crippen LogP contribution in [0.25, 0.3) is 0 Å². The first-order valence-corrected chi connectivity index (χ1v) is 6.63. The molecule has 1 aliphatic heterocycles. The Balaban J connectivity index is 2.30. The average Bonchev–Trinajstić information content (AvgIpc) is 2.62. The molecule has 2 unspecified atom stereocenters. The van der Waals surface area contributed by atoms with Crippen LogP contribution in [0.15, 0.2) is 18.2 Å². The molecule has 1 heterocycles. The number of amides is 1. The molecule has 1 aromatic rings. The number of alkyl halides is 1. The van der Waals surface area contributed by atoms with Gasteiger partial charge in [-0.2, -0.15) is 0 Å². The van der Waals surface area contributed by atoms with Gasteiger partial charge in [-0.15, -0.1) is 11.6 Å². The SMILES string of the molecule is CCC1C(=O)Nc2cccc(CCC(C)Cl)c21. The van der Waals surface area contributed by atoms with Crippen LogP contribution in [0.5, 0.6) is 0 Å². The van der Waals surface area contributed by atoms with E-state index in [4.69, 9.17) is 11.6 Å². The molecule has 1 aromatic carbocycles. The number of halogens is 1. The third-order valence-electron chi connectivity index (χ3n) is 3.34. The minimum Gasteiger partial charge on any atom is -0.325 e. The molecule has 0 bridgehead atoms. The molecule has 0 aliphatic carbocycles. The number of fused-ring (bicyclic) bond motifs is 1. The van der Waals surface area contributed by atoms with E-state index in [1.54, 1.807) is 0 Å². The van der Waals surface area contributed by atoms with E-state index in [9.17, 15) is 4.79 Å². The molecule has 1 N–H and O–H groups in total. The first-order chi connectivity index (χ1) is 8.13. The number of carbonyl (C=O) groups excluding carboxylic acids is 1. The molecule has 1 aliphatic rings. The molecule has 0 fully saturated rings. The van der Waals surface area contributed by atoms with Crippen LogP contribution >= 0.6 is 11.6 Å². The molecule has 0 aromatic heterocycles. The summed E-state index contributed by atoms with van der Waals surface area (Å²) in [6.07, 6.45) is 2.74. The van der Waals surface area contributed by atoms with Gasteiger partial charge in [-0.1, -0.05) is 19.1 Å². The molecule has 0 saturated heterocycles. The van der Waals surface area contributed by atoms with Crippen LogP contribution in [0.4, 0.5) is 5.69 Å². The van der Waals surface area contributed by atoms with E-state index in [2.05, 4.69) is 18.3 Å². The summed E-state index contributed by atoms with van der Waals surface area (Å²) in [5, 5.41) is 3.13. The molecule has 17 heavy (non-hydrogen) atoms. The lowest BCUT2D eigenvalue weighted by atomic mass is 9.91. The van der Waals surface area contributed by atoms with Crippen molar-refractivity contribution in [1.82, 2.24) is 0 Å². The van der Waals surface area contributed by atoms with Gasteiger partial charge in [0.25, 0.3) is 0 Å². The van der Waals surface area contributed by atoms with Gasteiger partial charge in [0.2, 0.25) is 5.91 Å². The second-order valence-electron chi connectivity index (χ2n) is 4.65. The Bertz CT molecular complexity index is 428. The molecule has 2 nitrogen and oxygen atoms in total. The van der Waals surface area contributed by atoms with E-state index >= 15 is 0 Å². The van der Waals surface area contributed by atoms with Crippen LogP contribution in [0.2, 0.25) is 0 Å². The van der Waals surface area contributed by atoms with Crippen molar-refractivity contribution in [2.45, 2.75) is 44.4 Å². The van der Waals surface area contributed by atoms with Gasteiger partial charge in [-0.25, -0.2) is 0 Å². The molecule has 92 valence electrons. The summed E-state index contributed by atoms with van der Waals surface area (Å²) in [4.78, 5) is 11.8. The third-order valence-corrected chi connectivity index (χ3v) is 3.56. The van der Waals surface area contributed by atoms with Crippen LogP contribution in [0, 0.1) is 0 Å². The van der Waals surface area contributed by atoms with E-state index in [1.807, 2.05) is 19.1 Å². The molecule has 1 amide bonds. The van der Waals surface area contributed by atoms with Crippen LogP contribution in [-0.4, -0.2) is 11.3 Å². The minimum absolute atomic E-state index is 0.0202. The maximum absolute atomic E-state index is 11.8. The molecular formula is C14H18ClNO. The van der Waals surface area contributed by atoms with Crippen molar-refractivity contribution in [2.24, 2.45) is 0 Å². The van der Waals surface area contributed by atoms with Crippen LogP contribution in [0.3, 0.4) is 0 Å². The monoisotopic (exact) mass is 251 g/mol. The van der Waals surface area contributed by atoms with Crippen LogP contribution in [-0.2, 0) is 11.2 Å². The summed E-state index contributed by atoms with van der Waals surface area (Å²) in [6, 6.07) is 6.10. The number of nitrogens with one attached hydrogen (secondary N) is 1. The van der Waals surface area contributed by atoms with Gasteiger partial charge in [0.1, 0.15) is 0 Å². The van der Waals surface area contributed by atoms with Crippen molar-refractivity contribution in [1.29, 1.82) is 0 Å². The van der Waals surface area contributed by atoms with Crippen molar-refractivity contribution >= 4 is 23.2 Å². The van der Waals surface area contributed by atoms with Gasteiger partial charge in [0.15, 0.2) is 0 Å². The highest BCUT2D eigenvalue weighted by atomic mass is 35.5. The van der Waals surface area contributed by atoms with Gasteiger partial charge < -0.3 is 5.32 Å². The number of aryl methyl sites for hydroxylation is 1. The van der Waals surface area contributed by atoms with Crippen molar-refractivity contribution in [2.75, 3.05) is 5.32 Å². The van der Waals surface area contributed by atoms with Gasteiger partial charge in [-0.3, -0.25) is 4.79 Å². The standard InChI is InChI=1S/C14H18ClNO/c1-3-11-13-10(8-7-9(2)15)5-4-6-12(13)16-14(11)17/h4-6,9,11H,3,7-8H2,1-2H3,(H,16,17). The summed E-state index contributed by atoms with van der Waals surface area (Å²) in [5.41, 5.74) is 3.44. The van der Waals surface area contributed by atoms with Gasteiger partial charge in [0, 0.05) is 11.1 Å². The Morgan fingerprint density at radius 2 is 2.24 bits per heavy atom. The zero-order valence-corrected chi connectivity index (χ0v) is 11.1. The highest BCUT2D eigenvalue weighted by molar-refractivity contribution is 6.20. The maximum atomic E-state index is 11.8. The topological polar surface area (TPSA) is 29.1 Å². The summed E-state index contributed by atoms with van der Waals surface area (Å²) in [5.74, 6) is 0.153. The Hall–Kier alpha value is -1.02. The first kappa shape index (κ1) is 12.4. The van der Waals surface area contributed by atoms with Gasteiger partial charge in [0.05, 0.1) is 5.92 Å². The predicted octanol–water partition coefficient (Wildman–Crippen LogP) is 3.69. The van der Waals surface area contributed by atoms with E-state index < -0.39 is 0 Å². The fraction of sp³-hybridized carbons (Fsp3) is 0.500. The fourth-order valence-corrected chi connectivity index (χ4v) is 2.56. The highest BCUT2D eigenvalue weighted by Crippen LogP contribution is 2.37. The number of hydrogen-bond donors (Lipinski definition) is 1. The number of anilines is 1. The zero-order chi connectivity index (χ0) is 12.4. The largest absolute Gasteiger partial charge is 0.325 e. The quantitative estimate of drug-likeness (QED) is 0.813. The van der Waals surface area contributed by atoms with Crippen molar-refractivity contribution < 1.29 is 4.79 Å². The summed E-state index contributed by atoms with van der Waals surface area (Å²) in [6.45, 7) is 4.06. The van der Waals surface area contributed by atoms with E-state index in [1.165, 1.54) is 11.1 Å². The van der Waals surface area contributed by atoms with E-state index in [0.717, 1.165) is 24.9 Å². The first-order valence-electron chi connectivity index (χ1n) is 6.20.